The van der Waals surface area contributed by atoms with Crippen molar-refractivity contribution in [2.45, 2.75) is 31.6 Å². The summed E-state index contributed by atoms with van der Waals surface area (Å²) >= 11 is 6.12. The summed E-state index contributed by atoms with van der Waals surface area (Å²) in [6.07, 6.45) is 5.13. The first kappa shape index (κ1) is 14.0. The van der Waals surface area contributed by atoms with E-state index in [9.17, 15) is 4.79 Å². The zero-order valence-electron chi connectivity index (χ0n) is 12.8. The maximum Gasteiger partial charge on any atom is 0.269 e. The molecule has 6 heteroatoms. The van der Waals surface area contributed by atoms with E-state index in [0.717, 1.165) is 17.0 Å². The van der Waals surface area contributed by atoms with Crippen LogP contribution in [0.3, 0.4) is 0 Å². The van der Waals surface area contributed by atoms with Crippen molar-refractivity contribution in [2.75, 3.05) is 14.1 Å². The Bertz CT molecular complexity index is 754. The quantitative estimate of drug-likeness (QED) is 0.865. The van der Waals surface area contributed by atoms with Crippen molar-refractivity contribution in [1.82, 2.24) is 19.9 Å². The molecule has 22 heavy (non-hydrogen) atoms. The lowest BCUT2D eigenvalue weighted by molar-refractivity contribution is 0.0823. The van der Waals surface area contributed by atoms with Crippen molar-refractivity contribution in [3.8, 4) is 0 Å². The van der Waals surface area contributed by atoms with Crippen LogP contribution >= 0.6 is 11.6 Å². The SMILES string of the molecule is CN(C)C(=O)c1cc2c(C3CC4CCC3C4)nc(Cl)nc2[nH]1. The fourth-order valence-electron chi connectivity index (χ4n) is 4.22. The molecule has 1 N–H and O–H groups in total. The molecule has 0 spiro atoms. The Hall–Kier alpha value is -1.62. The van der Waals surface area contributed by atoms with Crippen LogP contribution in [0.4, 0.5) is 0 Å². The molecule has 116 valence electrons. The second-order valence-corrected chi connectivity index (χ2v) is 7.14. The summed E-state index contributed by atoms with van der Waals surface area (Å²) in [5, 5.41) is 1.21. The van der Waals surface area contributed by atoms with Gasteiger partial charge in [-0.05, 0) is 48.8 Å². The van der Waals surface area contributed by atoms with Crippen LogP contribution in [0.15, 0.2) is 6.07 Å². The summed E-state index contributed by atoms with van der Waals surface area (Å²) in [7, 11) is 3.48. The van der Waals surface area contributed by atoms with Gasteiger partial charge in [-0.3, -0.25) is 4.79 Å². The molecule has 0 saturated heterocycles. The van der Waals surface area contributed by atoms with Crippen LogP contribution < -0.4 is 0 Å². The third-order valence-electron chi connectivity index (χ3n) is 5.22. The number of carbonyl (C=O) groups is 1. The van der Waals surface area contributed by atoms with Gasteiger partial charge in [0.15, 0.2) is 0 Å². The van der Waals surface area contributed by atoms with Crippen LogP contribution in [0.25, 0.3) is 11.0 Å². The fraction of sp³-hybridized carbons (Fsp3) is 0.562. The van der Waals surface area contributed by atoms with Crippen LogP contribution in [-0.4, -0.2) is 39.9 Å². The number of aromatic amines is 1. The van der Waals surface area contributed by atoms with Gasteiger partial charge in [0, 0.05) is 25.4 Å². The van der Waals surface area contributed by atoms with E-state index in [-0.39, 0.29) is 11.2 Å². The van der Waals surface area contributed by atoms with Crippen LogP contribution in [0.5, 0.6) is 0 Å². The minimum atomic E-state index is -0.0620. The van der Waals surface area contributed by atoms with E-state index in [2.05, 4.69) is 15.0 Å². The number of nitrogens with zero attached hydrogens (tertiary/aromatic N) is 3. The number of hydrogen-bond donors (Lipinski definition) is 1. The molecule has 4 rings (SSSR count). The summed E-state index contributed by atoms with van der Waals surface area (Å²) in [4.78, 5) is 25.6. The van der Waals surface area contributed by atoms with Gasteiger partial charge in [0.1, 0.15) is 11.3 Å². The molecular formula is C16H19ClN4O. The Morgan fingerprint density at radius 1 is 1.32 bits per heavy atom. The van der Waals surface area contributed by atoms with Gasteiger partial charge in [0.05, 0.1) is 5.69 Å². The average molecular weight is 319 g/mol. The van der Waals surface area contributed by atoms with Crippen molar-refractivity contribution < 1.29 is 4.79 Å². The largest absolute Gasteiger partial charge is 0.344 e. The second kappa shape index (κ2) is 4.95. The van der Waals surface area contributed by atoms with Crippen molar-refractivity contribution >= 4 is 28.5 Å². The molecule has 2 aromatic rings. The lowest BCUT2D eigenvalue weighted by Gasteiger charge is -2.21. The topological polar surface area (TPSA) is 61.9 Å². The van der Waals surface area contributed by atoms with E-state index in [1.54, 1.807) is 19.0 Å². The minimum Gasteiger partial charge on any atom is -0.344 e. The van der Waals surface area contributed by atoms with Gasteiger partial charge in [0.25, 0.3) is 5.91 Å². The fourth-order valence-corrected chi connectivity index (χ4v) is 4.40. The first-order chi connectivity index (χ1) is 10.5. The summed E-state index contributed by atoms with van der Waals surface area (Å²) in [5.41, 5.74) is 2.24. The molecule has 0 aliphatic heterocycles. The summed E-state index contributed by atoms with van der Waals surface area (Å²) in [5.74, 6) is 1.94. The van der Waals surface area contributed by atoms with Crippen molar-refractivity contribution in [3.05, 3.63) is 22.7 Å². The number of aromatic nitrogens is 3. The molecule has 2 heterocycles. The number of H-pyrrole nitrogens is 1. The van der Waals surface area contributed by atoms with Gasteiger partial charge in [-0.15, -0.1) is 0 Å². The highest BCUT2D eigenvalue weighted by Gasteiger charge is 2.41. The molecule has 3 unspecified atom stereocenters. The number of fused-ring (bicyclic) bond motifs is 3. The molecular weight excluding hydrogens is 300 g/mol. The van der Waals surface area contributed by atoms with Gasteiger partial charge >= 0.3 is 0 Å². The smallest absolute Gasteiger partial charge is 0.269 e. The highest BCUT2D eigenvalue weighted by Crippen LogP contribution is 2.53. The Morgan fingerprint density at radius 3 is 2.77 bits per heavy atom. The minimum absolute atomic E-state index is 0.0620. The Kier molecular flexibility index (Phi) is 3.15. The van der Waals surface area contributed by atoms with Crippen LogP contribution in [0.2, 0.25) is 5.28 Å². The lowest BCUT2D eigenvalue weighted by Crippen LogP contribution is -2.21. The second-order valence-electron chi connectivity index (χ2n) is 6.80. The predicted octanol–water partition coefficient (Wildman–Crippen LogP) is 3.22. The highest BCUT2D eigenvalue weighted by atomic mass is 35.5. The third kappa shape index (κ3) is 2.10. The van der Waals surface area contributed by atoms with Gasteiger partial charge < -0.3 is 9.88 Å². The highest BCUT2D eigenvalue weighted by molar-refractivity contribution is 6.28. The maximum absolute atomic E-state index is 12.2. The van der Waals surface area contributed by atoms with Gasteiger partial charge in [-0.1, -0.05) is 6.42 Å². The Balaban J connectivity index is 1.82. The molecule has 2 aliphatic rings. The molecule has 2 aromatic heterocycles. The van der Waals surface area contributed by atoms with E-state index in [1.165, 1.54) is 25.7 Å². The van der Waals surface area contributed by atoms with E-state index in [1.807, 2.05) is 6.07 Å². The average Bonchev–Trinajstić information content (AvgIpc) is 3.19. The molecule has 2 fully saturated rings. The van der Waals surface area contributed by atoms with Gasteiger partial charge in [-0.25, -0.2) is 4.98 Å². The monoisotopic (exact) mass is 318 g/mol. The Morgan fingerprint density at radius 2 is 2.14 bits per heavy atom. The van der Waals surface area contributed by atoms with Crippen LogP contribution in [0, 0.1) is 11.8 Å². The summed E-state index contributed by atoms with van der Waals surface area (Å²) in [6, 6.07) is 1.88. The molecule has 1 amide bonds. The molecule has 5 nitrogen and oxygen atoms in total. The first-order valence-corrected chi connectivity index (χ1v) is 8.18. The van der Waals surface area contributed by atoms with Crippen molar-refractivity contribution in [3.63, 3.8) is 0 Å². The number of hydrogen-bond acceptors (Lipinski definition) is 3. The molecule has 2 bridgehead atoms. The number of rotatable bonds is 2. The zero-order chi connectivity index (χ0) is 15.4. The van der Waals surface area contributed by atoms with Crippen molar-refractivity contribution in [2.24, 2.45) is 11.8 Å². The molecule has 2 saturated carbocycles. The lowest BCUT2D eigenvalue weighted by atomic mass is 9.85. The van der Waals surface area contributed by atoms with Gasteiger partial charge in [0.2, 0.25) is 5.28 Å². The molecule has 2 aliphatic carbocycles. The molecule has 3 atom stereocenters. The number of nitrogens with one attached hydrogen (secondary N) is 1. The third-order valence-corrected chi connectivity index (χ3v) is 5.38. The Labute approximate surface area is 134 Å². The predicted molar refractivity (Wildman–Crippen MR) is 85.1 cm³/mol. The van der Waals surface area contributed by atoms with Crippen LogP contribution in [0.1, 0.15) is 47.8 Å². The van der Waals surface area contributed by atoms with E-state index >= 15 is 0 Å². The van der Waals surface area contributed by atoms with Crippen molar-refractivity contribution in [1.29, 1.82) is 0 Å². The number of halogens is 1. The van der Waals surface area contributed by atoms with E-state index in [0.29, 0.717) is 23.2 Å². The van der Waals surface area contributed by atoms with E-state index in [4.69, 9.17) is 11.6 Å². The van der Waals surface area contributed by atoms with Crippen LogP contribution in [-0.2, 0) is 0 Å². The standard InChI is InChI=1S/C16H19ClN4O/c1-21(2)15(22)12-7-11-13(19-16(17)20-14(11)18-12)10-6-8-3-4-9(10)5-8/h7-10H,3-6H2,1-2H3,(H,18,19,20). The van der Waals surface area contributed by atoms with Gasteiger partial charge in [-0.2, -0.15) is 4.98 Å². The summed E-state index contributed by atoms with van der Waals surface area (Å²) < 4.78 is 0. The molecule has 0 radical (unpaired) electrons. The van der Waals surface area contributed by atoms with E-state index < -0.39 is 0 Å². The first-order valence-electron chi connectivity index (χ1n) is 7.80. The maximum atomic E-state index is 12.2. The number of carbonyl (C=O) groups excluding carboxylic acids is 1. The zero-order valence-corrected chi connectivity index (χ0v) is 13.5. The number of amides is 1. The molecule has 0 aromatic carbocycles. The summed E-state index contributed by atoms with van der Waals surface area (Å²) in [6.45, 7) is 0. The normalized spacial score (nSPS) is 26.8.